The summed E-state index contributed by atoms with van der Waals surface area (Å²) in [4.78, 5) is 4.15. The number of halogens is 3. The molecule has 0 saturated carbocycles. The van der Waals surface area contributed by atoms with E-state index in [1.807, 2.05) is 0 Å². The summed E-state index contributed by atoms with van der Waals surface area (Å²) >= 11 is 5.84. The molecule has 19 heavy (non-hydrogen) atoms. The second kappa shape index (κ2) is 5.06. The molecule has 102 valence electrons. The maximum atomic E-state index is 13.7. The van der Waals surface area contributed by atoms with Gasteiger partial charge in [-0.1, -0.05) is 0 Å². The molecule has 1 fully saturated rings. The van der Waals surface area contributed by atoms with Crippen LogP contribution in [0.1, 0.15) is 18.7 Å². The number of benzene rings is 1. The van der Waals surface area contributed by atoms with Crippen molar-refractivity contribution in [3.8, 4) is 0 Å². The summed E-state index contributed by atoms with van der Waals surface area (Å²) in [5.74, 6) is -0.577. The van der Waals surface area contributed by atoms with Crippen LogP contribution in [0, 0.1) is 11.6 Å². The SMILES string of the molecule is Fc1cc(F)c2nc(CCl)n(CC3CCCO3)c2c1. The minimum absolute atomic E-state index is 0.0608. The van der Waals surface area contributed by atoms with Gasteiger partial charge < -0.3 is 9.30 Å². The van der Waals surface area contributed by atoms with E-state index in [1.165, 1.54) is 6.07 Å². The van der Waals surface area contributed by atoms with Crippen molar-refractivity contribution in [3.63, 3.8) is 0 Å². The Labute approximate surface area is 114 Å². The second-order valence-corrected chi connectivity index (χ2v) is 4.93. The highest BCUT2D eigenvalue weighted by atomic mass is 35.5. The third-order valence-corrected chi connectivity index (χ3v) is 3.62. The van der Waals surface area contributed by atoms with Crippen LogP contribution in [0.15, 0.2) is 12.1 Å². The molecule has 1 aromatic heterocycles. The summed E-state index contributed by atoms with van der Waals surface area (Å²) < 4.78 is 34.4. The first-order chi connectivity index (χ1) is 9.19. The van der Waals surface area contributed by atoms with Gasteiger partial charge in [-0.3, -0.25) is 0 Å². The smallest absolute Gasteiger partial charge is 0.153 e. The molecule has 0 aliphatic carbocycles. The first-order valence-corrected chi connectivity index (χ1v) is 6.74. The summed E-state index contributed by atoms with van der Waals surface area (Å²) in [6.07, 6.45) is 2.01. The van der Waals surface area contributed by atoms with Crippen LogP contribution in [0.5, 0.6) is 0 Å². The Bertz CT molecular complexity index is 608. The number of ether oxygens (including phenoxy) is 1. The van der Waals surface area contributed by atoms with E-state index >= 15 is 0 Å². The van der Waals surface area contributed by atoms with Crippen LogP contribution in [0.2, 0.25) is 0 Å². The van der Waals surface area contributed by atoms with Gasteiger partial charge in [0.05, 0.1) is 24.0 Å². The number of fused-ring (bicyclic) bond motifs is 1. The fraction of sp³-hybridized carbons (Fsp3) is 0.462. The lowest BCUT2D eigenvalue weighted by Gasteiger charge is -2.13. The van der Waals surface area contributed by atoms with E-state index in [-0.39, 0.29) is 17.5 Å². The van der Waals surface area contributed by atoms with Crippen molar-refractivity contribution in [1.29, 1.82) is 0 Å². The fourth-order valence-electron chi connectivity index (χ4n) is 2.49. The molecule has 6 heteroatoms. The topological polar surface area (TPSA) is 27.1 Å². The predicted octanol–water partition coefficient (Wildman–Crippen LogP) is 3.23. The molecule has 1 saturated heterocycles. The monoisotopic (exact) mass is 286 g/mol. The zero-order valence-corrected chi connectivity index (χ0v) is 11.0. The van der Waals surface area contributed by atoms with Crippen molar-refractivity contribution in [3.05, 3.63) is 29.6 Å². The van der Waals surface area contributed by atoms with Gasteiger partial charge in [-0.05, 0) is 18.9 Å². The van der Waals surface area contributed by atoms with Crippen LogP contribution in [0.25, 0.3) is 11.0 Å². The largest absolute Gasteiger partial charge is 0.376 e. The first kappa shape index (κ1) is 12.8. The number of imidazole rings is 1. The lowest BCUT2D eigenvalue weighted by molar-refractivity contribution is 0.0973. The van der Waals surface area contributed by atoms with E-state index in [1.54, 1.807) is 4.57 Å². The van der Waals surface area contributed by atoms with Gasteiger partial charge in [0.25, 0.3) is 0 Å². The highest BCUT2D eigenvalue weighted by Crippen LogP contribution is 2.24. The second-order valence-electron chi connectivity index (χ2n) is 4.66. The molecule has 0 radical (unpaired) electrons. The van der Waals surface area contributed by atoms with E-state index in [0.29, 0.717) is 17.9 Å². The Morgan fingerprint density at radius 1 is 1.42 bits per heavy atom. The maximum Gasteiger partial charge on any atom is 0.153 e. The van der Waals surface area contributed by atoms with Crippen molar-refractivity contribution in [2.24, 2.45) is 0 Å². The number of hydrogen-bond acceptors (Lipinski definition) is 2. The Morgan fingerprint density at radius 3 is 2.95 bits per heavy atom. The molecule has 1 unspecified atom stereocenters. The maximum absolute atomic E-state index is 13.7. The van der Waals surface area contributed by atoms with Gasteiger partial charge >= 0.3 is 0 Å². The number of nitrogens with zero attached hydrogens (tertiary/aromatic N) is 2. The normalized spacial score (nSPS) is 19.4. The van der Waals surface area contributed by atoms with Gasteiger partial charge in [0, 0.05) is 12.7 Å². The number of alkyl halides is 1. The van der Waals surface area contributed by atoms with E-state index in [0.717, 1.165) is 25.5 Å². The molecule has 0 spiro atoms. The molecule has 3 nitrogen and oxygen atoms in total. The van der Waals surface area contributed by atoms with E-state index in [9.17, 15) is 8.78 Å². The molecule has 2 heterocycles. The van der Waals surface area contributed by atoms with E-state index in [2.05, 4.69) is 4.98 Å². The highest BCUT2D eigenvalue weighted by molar-refractivity contribution is 6.16. The standard InChI is InChI=1S/C13H13ClF2N2O/c14-6-12-17-13-10(16)4-8(15)5-11(13)18(12)7-9-2-1-3-19-9/h4-5,9H,1-3,6-7H2. The molecule has 0 bridgehead atoms. The van der Waals surface area contributed by atoms with Gasteiger partial charge in [0.15, 0.2) is 5.82 Å². The molecular formula is C13H13ClF2N2O. The van der Waals surface area contributed by atoms with Crippen LogP contribution in [-0.4, -0.2) is 22.3 Å². The first-order valence-electron chi connectivity index (χ1n) is 6.21. The van der Waals surface area contributed by atoms with Crippen LogP contribution < -0.4 is 0 Å². The zero-order chi connectivity index (χ0) is 13.4. The minimum atomic E-state index is -0.660. The van der Waals surface area contributed by atoms with E-state index in [4.69, 9.17) is 16.3 Å². The zero-order valence-electron chi connectivity index (χ0n) is 10.2. The summed E-state index contributed by atoms with van der Waals surface area (Å²) in [7, 11) is 0. The highest BCUT2D eigenvalue weighted by Gasteiger charge is 2.21. The van der Waals surface area contributed by atoms with Gasteiger partial charge in [0.2, 0.25) is 0 Å². The molecule has 0 amide bonds. The van der Waals surface area contributed by atoms with Crippen molar-refractivity contribution < 1.29 is 13.5 Å². The Morgan fingerprint density at radius 2 is 2.26 bits per heavy atom. The van der Waals surface area contributed by atoms with Crippen molar-refractivity contribution in [2.75, 3.05) is 6.61 Å². The molecule has 1 aliphatic rings. The lowest BCUT2D eigenvalue weighted by atomic mass is 10.2. The van der Waals surface area contributed by atoms with Gasteiger partial charge in [-0.25, -0.2) is 13.8 Å². The lowest BCUT2D eigenvalue weighted by Crippen LogP contribution is -2.16. The average Bonchev–Trinajstić information content (AvgIpc) is 2.99. The Hall–Kier alpha value is -1.20. The number of rotatable bonds is 3. The molecule has 1 aromatic carbocycles. The quantitative estimate of drug-likeness (QED) is 0.810. The molecule has 3 rings (SSSR count). The van der Waals surface area contributed by atoms with E-state index < -0.39 is 11.6 Å². The number of hydrogen-bond donors (Lipinski definition) is 0. The minimum Gasteiger partial charge on any atom is -0.376 e. The van der Waals surface area contributed by atoms with Crippen LogP contribution in [-0.2, 0) is 17.2 Å². The summed E-state index contributed by atoms with van der Waals surface area (Å²) in [6, 6.07) is 2.13. The summed E-state index contributed by atoms with van der Waals surface area (Å²) in [5.41, 5.74) is 0.596. The third kappa shape index (κ3) is 2.32. The van der Waals surface area contributed by atoms with Crippen LogP contribution in [0.3, 0.4) is 0 Å². The van der Waals surface area contributed by atoms with Gasteiger partial charge in [0.1, 0.15) is 17.2 Å². The molecule has 0 N–H and O–H groups in total. The molecular weight excluding hydrogens is 274 g/mol. The molecule has 2 aromatic rings. The van der Waals surface area contributed by atoms with Crippen molar-refractivity contribution in [2.45, 2.75) is 31.4 Å². The van der Waals surface area contributed by atoms with Crippen molar-refractivity contribution >= 4 is 22.6 Å². The average molecular weight is 287 g/mol. The Balaban J connectivity index is 2.09. The van der Waals surface area contributed by atoms with Crippen LogP contribution >= 0.6 is 11.6 Å². The summed E-state index contributed by atoms with van der Waals surface area (Å²) in [5, 5.41) is 0. The predicted molar refractivity (Wildman–Crippen MR) is 68.2 cm³/mol. The molecule has 1 atom stereocenters. The van der Waals surface area contributed by atoms with Gasteiger partial charge in [-0.15, -0.1) is 11.6 Å². The molecule has 1 aliphatic heterocycles. The van der Waals surface area contributed by atoms with Crippen molar-refractivity contribution in [1.82, 2.24) is 9.55 Å². The fourth-order valence-corrected chi connectivity index (χ4v) is 2.70. The van der Waals surface area contributed by atoms with Crippen LogP contribution in [0.4, 0.5) is 8.78 Å². The third-order valence-electron chi connectivity index (χ3n) is 3.38. The number of aromatic nitrogens is 2. The van der Waals surface area contributed by atoms with Gasteiger partial charge in [-0.2, -0.15) is 0 Å². The Kier molecular flexibility index (Phi) is 3.41. The summed E-state index contributed by atoms with van der Waals surface area (Å²) in [6.45, 7) is 1.26.